The molecule has 4 rings (SSSR count). The van der Waals surface area contributed by atoms with Crippen LogP contribution in [0.25, 0.3) is 0 Å². The van der Waals surface area contributed by atoms with E-state index in [4.69, 9.17) is 17.0 Å². The fourth-order valence-electron chi connectivity index (χ4n) is 5.50. The van der Waals surface area contributed by atoms with Crippen LogP contribution in [-0.4, -0.2) is 33.5 Å². The maximum absolute atomic E-state index is 11.9. The zero-order valence-electron chi connectivity index (χ0n) is 15.7. The van der Waals surface area contributed by atoms with Gasteiger partial charge in [0.15, 0.2) is 5.11 Å². The van der Waals surface area contributed by atoms with Gasteiger partial charge in [-0.25, -0.2) is 0 Å². The Balaban J connectivity index is 1.63. The smallest absolute Gasteiger partial charge is 0.171 e. The standard InChI is InChI=1S/C21H30N2O2S/c1-25-17-10-8-16(9-11-17)15-23-19(26)22-20(12-4-2-5-13-20)18-7-3-6-14-21(18,23)24/h8-11,18,24H,2-7,12-15H2,1H3,(H,22,26)/t18-,21-/m0/s1. The average molecular weight is 375 g/mol. The monoisotopic (exact) mass is 374 g/mol. The van der Waals surface area contributed by atoms with Crippen LogP contribution in [0.1, 0.15) is 63.4 Å². The fraction of sp³-hybridized carbons (Fsp3) is 0.667. The van der Waals surface area contributed by atoms with E-state index in [2.05, 4.69) is 22.3 Å². The van der Waals surface area contributed by atoms with Crippen molar-refractivity contribution in [3.05, 3.63) is 29.8 Å². The van der Waals surface area contributed by atoms with Crippen LogP contribution in [0.15, 0.2) is 24.3 Å². The largest absolute Gasteiger partial charge is 0.497 e. The number of fused-ring (bicyclic) bond motifs is 2. The molecule has 2 aliphatic carbocycles. The second-order valence-electron chi connectivity index (χ2n) is 8.26. The summed E-state index contributed by atoms with van der Waals surface area (Å²) in [6.45, 7) is 0.638. The van der Waals surface area contributed by atoms with Gasteiger partial charge in [0.25, 0.3) is 0 Å². The highest BCUT2D eigenvalue weighted by atomic mass is 32.1. The van der Waals surface area contributed by atoms with Crippen LogP contribution < -0.4 is 10.1 Å². The molecular weight excluding hydrogens is 344 g/mol. The molecule has 1 heterocycles. The topological polar surface area (TPSA) is 44.7 Å². The van der Waals surface area contributed by atoms with Gasteiger partial charge in [-0.2, -0.15) is 0 Å². The summed E-state index contributed by atoms with van der Waals surface area (Å²) in [5.41, 5.74) is 0.325. The highest BCUT2D eigenvalue weighted by molar-refractivity contribution is 7.80. The van der Waals surface area contributed by atoms with E-state index in [1.165, 1.54) is 25.7 Å². The van der Waals surface area contributed by atoms with Gasteiger partial charge in [-0.3, -0.25) is 0 Å². The number of rotatable bonds is 3. The lowest BCUT2D eigenvalue weighted by atomic mass is 9.62. The Morgan fingerprint density at radius 1 is 1.12 bits per heavy atom. The fourth-order valence-corrected chi connectivity index (χ4v) is 5.93. The highest BCUT2D eigenvalue weighted by Gasteiger charge is 2.58. The third-order valence-corrected chi connectivity index (χ3v) is 7.15. The van der Waals surface area contributed by atoms with E-state index in [1.54, 1.807) is 7.11 Å². The SMILES string of the molecule is COc1ccc(CN2C(=S)NC3(CCCCC3)[C@@H]3CCCC[C@]32O)cc1. The Bertz CT molecular complexity index is 656. The Morgan fingerprint density at radius 3 is 2.50 bits per heavy atom. The molecule has 1 aromatic rings. The zero-order valence-corrected chi connectivity index (χ0v) is 16.5. The van der Waals surface area contributed by atoms with Gasteiger partial charge >= 0.3 is 0 Å². The molecule has 2 saturated carbocycles. The quantitative estimate of drug-likeness (QED) is 0.784. The molecule has 0 radical (unpaired) electrons. The van der Waals surface area contributed by atoms with Crippen LogP contribution in [0, 0.1) is 5.92 Å². The number of nitrogens with zero attached hydrogens (tertiary/aromatic N) is 1. The Kier molecular flexibility index (Phi) is 4.86. The predicted molar refractivity (Wildman–Crippen MR) is 107 cm³/mol. The van der Waals surface area contributed by atoms with Crippen molar-refractivity contribution in [2.24, 2.45) is 5.92 Å². The number of methoxy groups -OCH3 is 1. The van der Waals surface area contributed by atoms with Gasteiger partial charge in [0.1, 0.15) is 11.5 Å². The molecule has 0 bridgehead atoms. The molecule has 1 spiro atoms. The van der Waals surface area contributed by atoms with Crippen molar-refractivity contribution in [1.82, 2.24) is 10.2 Å². The van der Waals surface area contributed by atoms with Gasteiger partial charge < -0.3 is 20.1 Å². The molecule has 1 saturated heterocycles. The molecule has 1 aliphatic heterocycles. The normalized spacial score (nSPS) is 30.6. The van der Waals surface area contributed by atoms with Crippen molar-refractivity contribution in [1.29, 1.82) is 0 Å². The van der Waals surface area contributed by atoms with Crippen molar-refractivity contribution in [3.8, 4) is 5.75 Å². The molecule has 2 N–H and O–H groups in total. The summed E-state index contributed by atoms with van der Waals surface area (Å²) in [6, 6.07) is 8.07. The molecule has 2 atom stereocenters. The highest BCUT2D eigenvalue weighted by Crippen LogP contribution is 2.50. The summed E-state index contributed by atoms with van der Waals surface area (Å²) < 4.78 is 5.26. The minimum absolute atomic E-state index is 0.000904. The Morgan fingerprint density at radius 2 is 1.81 bits per heavy atom. The van der Waals surface area contributed by atoms with Crippen LogP contribution in [0.4, 0.5) is 0 Å². The van der Waals surface area contributed by atoms with Crippen LogP contribution in [0.3, 0.4) is 0 Å². The van der Waals surface area contributed by atoms with E-state index in [1.807, 2.05) is 12.1 Å². The van der Waals surface area contributed by atoms with E-state index < -0.39 is 5.72 Å². The molecule has 4 nitrogen and oxygen atoms in total. The minimum Gasteiger partial charge on any atom is -0.497 e. The number of aliphatic hydroxyl groups is 1. The first-order chi connectivity index (χ1) is 12.6. The Hall–Kier alpha value is -1.33. The van der Waals surface area contributed by atoms with Crippen LogP contribution in [0.5, 0.6) is 5.75 Å². The molecule has 142 valence electrons. The summed E-state index contributed by atoms with van der Waals surface area (Å²) in [4.78, 5) is 2.06. The lowest BCUT2D eigenvalue weighted by molar-refractivity contribution is -0.184. The van der Waals surface area contributed by atoms with E-state index in [9.17, 15) is 5.11 Å². The van der Waals surface area contributed by atoms with Crippen LogP contribution in [-0.2, 0) is 6.54 Å². The molecule has 0 unspecified atom stereocenters. The zero-order chi connectivity index (χ0) is 18.2. The van der Waals surface area contributed by atoms with Gasteiger partial charge in [0, 0.05) is 18.0 Å². The first-order valence-electron chi connectivity index (χ1n) is 10.0. The lowest BCUT2D eigenvalue weighted by Crippen LogP contribution is -2.75. The number of hydrogen-bond donors (Lipinski definition) is 2. The summed E-state index contributed by atoms with van der Waals surface area (Å²) in [5.74, 6) is 1.11. The third-order valence-electron chi connectivity index (χ3n) is 6.83. The van der Waals surface area contributed by atoms with E-state index >= 15 is 0 Å². The van der Waals surface area contributed by atoms with Crippen LogP contribution >= 0.6 is 12.2 Å². The number of benzene rings is 1. The minimum atomic E-state index is -0.822. The molecule has 1 aromatic carbocycles. The van der Waals surface area contributed by atoms with Crippen molar-refractivity contribution >= 4 is 17.3 Å². The first kappa shape index (κ1) is 18.1. The van der Waals surface area contributed by atoms with Gasteiger partial charge in [-0.15, -0.1) is 0 Å². The molecular formula is C21H30N2O2S. The molecule has 5 heteroatoms. The van der Waals surface area contributed by atoms with Crippen molar-refractivity contribution < 1.29 is 9.84 Å². The number of nitrogens with one attached hydrogen (secondary N) is 1. The van der Waals surface area contributed by atoms with Gasteiger partial charge in [0.2, 0.25) is 0 Å². The van der Waals surface area contributed by atoms with Gasteiger partial charge in [0.05, 0.1) is 7.11 Å². The van der Waals surface area contributed by atoms with E-state index in [0.717, 1.165) is 48.5 Å². The van der Waals surface area contributed by atoms with Gasteiger partial charge in [-0.1, -0.05) is 37.8 Å². The molecule has 26 heavy (non-hydrogen) atoms. The van der Waals surface area contributed by atoms with E-state index in [-0.39, 0.29) is 11.5 Å². The Labute approximate surface area is 161 Å². The van der Waals surface area contributed by atoms with Crippen molar-refractivity contribution in [2.45, 2.75) is 75.6 Å². The van der Waals surface area contributed by atoms with Crippen LogP contribution in [0.2, 0.25) is 0 Å². The lowest BCUT2D eigenvalue weighted by Gasteiger charge is -2.61. The molecule has 0 aromatic heterocycles. The number of ether oxygens (including phenoxy) is 1. The van der Waals surface area contributed by atoms with Gasteiger partial charge in [-0.05, 0) is 62.0 Å². The average Bonchev–Trinajstić information content (AvgIpc) is 2.66. The first-order valence-corrected chi connectivity index (χ1v) is 10.4. The van der Waals surface area contributed by atoms with Crippen molar-refractivity contribution in [2.75, 3.05) is 7.11 Å². The number of thiocarbonyl (C=S) groups is 1. The maximum Gasteiger partial charge on any atom is 0.171 e. The summed E-state index contributed by atoms with van der Waals surface area (Å²) in [5, 5.41) is 16.3. The molecule has 3 aliphatic rings. The number of hydrogen-bond acceptors (Lipinski definition) is 3. The maximum atomic E-state index is 11.9. The summed E-state index contributed by atoms with van der Waals surface area (Å²) >= 11 is 5.80. The summed E-state index contributed by atoms with van der Waals surface area (Å²) in [7, 11) is 1.68. The molecule has 3 fully saturated rings. The predicted octanol–water partition coefficient (Wildman–Crippen LogP) is 3.97. The van der Waals surface area contributed by atoms with Crippen molar-refractivity contribution in [3.63, 3.8) is 0 Å². The van der Waals surface area contributed by atoms with E-state index in [0.29, 0.717) is 6.54 Å². The second kappa shape index (κ2) is 7.01. The summed E-state index contributed by atoms with van der Waals surface area (Å²) in [6.07, 6.45) is 10.2. The molecule has 0 amide bonds. The third kappa shape index (κ3) is 2.99. The second-order valence-corrected chi connectivity index (χ2v) is 8.64.